The van der Waals surface area contributed by atoms with Crippen molar-refractivity contribution in [3.8, 4) is 0 Å². The second kappa shape index (κ2) is 6.41. The fraction of sp³-hybridized carbons (Fsp3) is 0.200. The Kier molecular flexibility index (Phi) is 4.09. The number of hydrogen-bond acceptors (Lipinski definition) is 3. The van der Waals surface area contributed by atoms with Crippen LogP contribution >= 0.6 is 11.3 Å². The summed E-state index contributed by atoms with van der Waals surface area (Å²) in [6.45, 7) is 2.07. The number of carbonyl (C=O) groups excluding carboxylic acids is 1. The number of aromatic nitrogens is 1. The minimum atomic E-state index is -0.250. The molecule has 0 bridgehead atoms. The summed E-state index contributed by atoms with van der Waals surface area (Å²) in [5.74, 6) is -0.249. The summed E-state index contributed by atoms with van der Waals surface area (Å²) < 4.78 is 13.0. The monoisotopic (exact) mass is 352 g/mol. The van der Waals surface area contributed by atoms with Crippen LogP contribution in [0.15, 0.2) is 54.7 Å². The van der Waals surface area contributed by atoms with E-state index in [0.717, 1.165) is 22.7 Å². The zero-order valence-corrected chi connectivity index (χ0v) is 14.6. The van der Waals surface area contributed by atoms with Gasteiger partial charge in [-0.2, -0.15) is 0 Å². The Morgan fingerprint density at radius 2 is 2.00 bits per heavy atom. The molecule has 5 heteroatoms. The summed E-state index contributed by atoms with van der Waals surface area (Å²) in [6, 6.07) is 14.6. The molecule has 1 unspecified atom stereocenters. The first kappa shape index (κ1) is 16.0. The van der Waals surface area contributed by atoms with E-state index in [1.165, 1.54) is 29.0 Å². The fourth-order valence-electron chi connectivity index (χ4n) is 3.26. The van der Waals surface area contributed by atoms with Crippen LogP contribution in [-0.2, 0) is 12.8 Å². The van der Waals surface area contributed by atoms with Gasteiger partial charge in [0.05, 0.1) is 11.2 Å². The van der Waals surface area contributed by atoms with Crippen LogP contribution < -0.4 is 4.90 Å². The molecule has 0 saturated heterocycles. The van der Waals surface area contributed by atoms with Crippen LogP contribution in [0.5, 0.6) is 0 Å². The Labute approximate surface area is 149 Å². The van der Waals surface area contributed by atoms with Crippen molar-refractivity contribution in [3.05, 3.63) is 81.6 Å². The molecule has 1 aromatic heterocycles. The minimum Gasteiger partial charge on any atom is -0.304 e. The van der Waals surface area contributed by atoms with Crippen molar-refractivity contribution in [2.45, 2.75) is 25.8 Å². The molecule has 0 aliphatic carbocycles. The van der Waals surface area contributed by atoms with Gasteiger partial charge in [-0.25, -0.2) is 9.37 Å². The molecule has 25 heavy (non-hydrogen) atoms. The van der Waals surface area contributed by atoms with E-state index in [9.17, 15) is 9.18 Å². The average molecular weight is 352 g/mol. The van der Waals surface area contributed by atoms with Gasteiger partial charge in [0.25, 0.3) is 5.91 Å². The number of nitrogens with zero attached hydrogens (tertiary/aromatic N) is 2. The quantitative estimate of drug-likeness (QED) is 0.697. The van der Waals surface area contributed by atoms with Crippen molar-refractivity contribution in [3.63, 3.8) is 0 Å². The topological polar surface area (TPSA) is 33.2 Å². The number of fused-ring (bicyclic) bond motifs is 1. The number of hydrogen-bond donors (Lipinski definition) is 0. The summed E-state index contributed by atoms with van der Waals surface area (Å²) in [7, 11) is 0. The Hall–Kier alpha value is -2.53. The number of thiazole rings is 1. The first-order valence-electron chi connectivity index (χ1n) is 8.22. The van der Waals surface area contributed by atoms with E-state index < -0.39 is 0 Å². The van der Waals surface area contributed by atoms with E-state index in [-0.39, 0.29) is 17.8 Å². The van der Waals surface area contributed by atoms with E-state index in [1.54, 1.807) is 18.3 Å². The molecule has 2 aromatic carbocycles. The Morgan fingerprint density at radius 3 is 2.80 bits per heavy atom. The highest BCUT2D eigenvalue weighted by Gasteiger charge is 2.32. The number of carbonyl (C=O) groups is 1. The highest BCUT2D eigenvalue weighted by atomic mass is 32.1. The van der Waals surface area contributed by atoms with Crippen LogP contribution in [-0.4, -0.2) is 16.9 Å². The zero-order valence-electron chi connectivity index (χ0n) is 13.8. The molecule has 0 N–H and O–H groups in total. The van der Waals surface area contributed by atoms with Crippen LogP contribution in [0.3, 0.4) is 0 Å². The van der Waals surface area contributed by atoms with Gasteiger partial charge in [0, 0.05) is 18.2 Å². The summed E-state index contributed by atoms with van der Waals surface area (Å²) in [5.41, 5.74) is 3.18. The SMILES string of the molecule is CC1Cc2ccccc2N1C(=O)c1cnc(Cc2ccc(F)cc2)s1. The first-order chi connectivity index (χ1) is 12.1. The molecule has 0 spiro atoms. The van der Waals surface area contributed by atoms with E-state index in [1.807, 2.05) is 23.1 Å². The third kappa shape index (κ3) is 3.07. The molecule has 0 radical (unpaired) electrons. The van der Waals surface area contributed by atoms with Gasteiger partial charge in [-0.1, -0.05) is 30.3 Å². The first-order valence-corrected chi connectivity index (χ1v) is 9.04. The van der Waals surface area contributed by atoms with Gasteiger partial charge in [-0.3, -0.25) is 4.79 Å². The molecule has 2 heterocycles. The maximum Gasteiger partial charge on any atom is 0.270 e. The van der Waals surface area contributed by atoms with Gasteiger partial charge in [0.15, 0.2) is 0 Å². The van der Waals surface area contributed by atoms with Gasteiger partial charge >= 0.3 is 0 Å². The third-order valence-electron chi connectivity index (χ3n) is 4.46. The van der Waals surface area contributed by atoms with Gasteiger partial charge in [-0.05, 0) is 42.7 Å². The molecule has 1 atom stereocenters. The van der Waals surface area contributed by atoms with Crippen molar-refractivity contribution in [1.82, 2.24) is 4.98 Å². The number of para-hydroxylation sites is 1. The maximum absolute atomic E-state index is 13.0. The predicted octanol–water partition coefficient (Wildman–Crippen LogP) is 4.46. The molecule has 1 aliphatic rings. The van der Waals surface area contributed by atoms with Crippen molar-refractivity contribution >= 4 is 22.9 Å². The predicted molar refractivity (Wildman–Crippen MR) is 97.7 cm³/mol. The highest BCUT2D eigenvalue weighted by Crippen LogP contribution is 2.34. The lowest BCUT2D eigenvalue weighted by molar-refractivity contribution is 0.0985. The van der Waals surface area contributed by atoms with Crippen LogP contribution in [0.25, 0.3) is 0 Å². The molecule has 126 valence electrons. The third-order valence-corrected chi connectivity index (χ3v) is 5.44. The molecule has 1 amide bonds. The van der Waals surface area contributed by atoms with E-state index in [4.69, 9.17) is 0 Å². The van der Waals surface area contributed by atoms with Gasteiger partial charge in [-0.15, -0.1) is 11.3 Å². The van der Waals surface area contributed by atoms with Gasteiger partial charge in [0.2, 0.25) is 0 Å². The highest BCUT2D eigenvalue weighted by molar-refractivity contribution is 7.13. The van der Waals surface area contributed by atoms with E-state index >= 15 is 0 Å². The smallest absolute Gasteiger partial charge is 0.270 e. The van der Waals surface area contributed by atoms with Crippen molar-refractivity contribution in [2.24, 2.45) is 0 Å². The van der Waals surface area contributed by atoms with Crippen LogP contribution in [0.4, 0.5) is 10.1 Å². The lowest BCUT2D eigenvalue weighted by Crippen LogP contribution is -2.35. The van der Waals surface area contributed by atoms with Crippen molar-refractivity contribution < 1.29 is 9.18 Å². The molecular weight excluding hydrogens is 335 g/mol. The van der Waals surface area contributed by atoms with Crippen molar-refractivity contribution in [2.75, 3.05) is 4.90 Å². The largest absolute Gasteiger partial charge is 0.304 e. The number of amides is 1. The molecule has 1 aliphatic heterocycles. The summed E-state index contributed by atoms with van der Waals surface area (Å²) in [6.07, 6.45) is 3.13. The number of halogens is 1. The van der Waals surface area contributed by atoms with Crippen LogP contribution in [0.1, 0.15) is 32.7 Å². The Morgan fingerprint density at radius 1 is 1.24 bits per heavy atom. The molecule has 0 saturated carbocycles. The number of benzene rings is 2. The number of anilines is 1. The molecular formula is C20H17FN2OS. The lowest BCUT2D eigenvalue weighted by atomic mass is 10.1. The van der Waals surface area contributed by atoms with Crippen molar-refractivity contribution in [1.29, 1.82) is 0 Å². The normalized spacial score (nSPS) is 16.1. The summed E-state index contributed by atoms with van der Waals surface area (Å²) in [5, 5.41) is 0.857. The van der Waals surface area contributed by atoms with E-state index in [2.05, 4.69) is 18.0 Å². The minimum absolute atomic E-state index is 0.000283. The summed E-state index contributed by atoms with van der Waals surface area (Å²) in [4.78, 5) is 19.9. The second-order valence-electron chi connectivity index (χ2n) is 6.28. The Balaban J connectivity index is 1.56. The molecule has 0 fully saturated rings. The second-order valence-corrected chi connectivity index (χ2v) is 7.39. The fourth-order valence-corrected chi connectivity index (χ4v) is 4.15. The van der Waals surface area contributed by atoms with Crippen LogP contribution in [0.2, 0.25) is 0 Å². The maximum atomic E-state index is 13.0. The Bertz CT molecular complexity index is 919. The summed E-state index contributed by atoms with van der Waals surface area (Å²) >= 11 is 1.41. The molecule has 3 aromatic rings. The molecule has 3 nitrogen and oxygen atoms in total. The average Bonchev–Trinajstić information content (AvgIpc) is 3.20. The van der Waals surface area contributed by atoms with Crippen LogP contribution in [0, 0.1) is 5.82 Å². The van der Waals surface area contributed by atoms with E-state index in [0.29, 0.717) is 11.3 Å². The zero-order chi connectivity index (χ0) is 17.4. The number of rotatable bonds is 3. The van der Waals surface area contributed by atoms with Gasteiger partial charge < -0.3 is 4.90 Å². The van der Waals surface area contributed by atoms with Gasteiger partial charge in [0.1, 0.15) is 10.7 Å². The lowest BCUT2D eigenvalue weighted by Gasteiger charge is -2.21. The molecule has 4 rings (SSSR count). The standard InChI is InChI=1S/C20H17FN2OS/c1-13-10-15-4-2-3-5-17(15)23(13)20(24)18-12-22-19(25-18)11-14-6-8-16(21)9-7-14/h2-9,12-13H,10-11H2,1H3.